The molecule has 0 aliphatic heterocycles. The predicted octanol–water partition coefficient (Wildman–Crippen LogP) is 4.55. The molecule has 1 saturated carbocycles. The van der Waals surface area contributed by atoms with Crippen LogP contribution >= 0.6 is 27.3 Å². The van der Waals surface area contributed by atoms with E-state index in [9.17, 15) is 0 Å². The normalized spacial score (nSPS) is 22.7. The molecular formula is C15H16BrNS. The van der Waals surface area contributed by atoms with Crippen molar-refractivity contribution in [2.24, 2.45) is 0 Å². The second-order valence-corrected chi connectivity index (χ2v) is 6.53. The van der Waals surface area contributed by atoms with E-state index in [1.165, 1.54) is 28.4 Å². The molecule has 3 rings (SSSR count). The summed E-state index contributed by atoms with van der Waals surface area (Å²) >= 11 is 5.41. The van der Waals surface area contributed by atoms with Gasteiger partial charge in [-0.2, -0.15) is 11.3 Å². The molecule has 0 amide bonds. The van der Waals surface area contributed by atoms with Gasteiger partial charge in [0.05, 0.1) is 0 Å². The van der Waals surface area contributed by atoms with Crippen LogP contribution < -0.4 is 5.32 Å². The smallest absolute Gasteiger partial charge is 0.0216 e. The lowest BCUT2D eigenvalue weighted by Gasteiger charge is -2.37. The summed E-state index contributed by atoms with van der Waals surface area (Å²) in [6, 6.07) is 11.5. The molecule has 18 heavy (non-hydrogen) atoms. The Hall–Kier alpha value is -0.640. The molecule has 0 spiro atoms. The van der Waals surface area contributed by atoms with Gasteiger partial charge >= 0.3 is 0 Å². The van der Waals surface area contributed by atoms with Gasteiger partial charge in [-0.1, -0.05) is 34.1 Å². The van der Waals surface area contributed by atoms with E-state index in [0.717, 1.165) is 12.5 Å². The zero-order chi connectivity index (χ0) is 12.4. The Morgan fingerprint density at radius 2 is 2.06 bits per heavy atom. The molecule has 0 radical (unpaired) electrons. The van der Waals surface area contributed by atoms with Crippen LogP contribution in [0.1, 0.15) is 29.9 Å². The summed E-state index contributed by atoms with van der Waals surface area (Å²) in [5, 5.41) is 7.99. The third-order valence-electron chi connectivity index (χ3n) is 3.66. The minimum atomic E-state index is 0.682. The molecule has 1 aromatic heterocycles. The Bertz CT molecular complexity index is 503. The average molecular weight is 322 g/mol. The molecule has 1 fully saturated rings. The molecule has 1 nitrogen and oxygen atoms in total. The van der Waals surface area contributed by atoms with Crippen molar-refractivity contribution in [3.05, 3.63) is 56.7 Å². The largest absolute Gasteiger partial charge is 0.310 e. The Morgan fingerprint density at radius 1 is 1.22 bits per heavy atom. The van der Waals surface area contributed by atoms with Crippen molar-refractivity contribution in [3.63, 3.8) is 0 Å². The first-order valence-electron chi connectivity index (χ1n) is 6.32. The van der Waals surface area contributed by atoms with E-state index < -0.39 is 0 Å². The molecule has 0 bridgehead atoms. The van der Waals surface area contributed by atoms with Crippen molar-refractivity contribution < 1.29 is 0 Å². The highest BCUT2D eigenvalue weighted by Gasteiger charge is 2.30. The summed E-state index contributed by atoms with van der Waals surface area (Å²) in [5.74, 6) is 0.723. The Morgan fingerprint density at radius 3 is 2.78 bits per heavy atom. The van der Waals surface area contributed by atoms with Crippen molar-refractivity contribution in [1.29, 1.82) is 0 Å². The second kappa shape index (κ2) is 5.55. The summed E-state index contributed by atoms with van der Waals surface area (Å²) in [7, 11) is 0. The Labute approximate surface area is 120 Å². The fourth-order valence-corrected chi connectivity index (χ4v) is 3.78. The van der Waals surface area contributed by atoms with Crippen molar-refractivity contribution in [1.82, 2.24) is 5.32 Å². The molecule has 0 unspecified atom stereocenters. The van der Waals surface area contributed by atoms with Crippen LogP contribution in [0, 0.1) is 0 Å². The predicted molar refractivity (Wildman–Crippen MR) is 81.1 cm³/mol. The number of hydrogen-bond donors (Lipinski definition) is 1. The first-order chi connectivity index (χ1) is 8.83. The Balaban J connectivity index is 1.50. The summed E-state index contributed by atoms with van der Waals surface area (Å²) in [6.07, 6.45) is 2.51. The van der Waals surface area contributed by atoms with Gasteiger partial charge < -0.3 is 5.32 Å². The summed E-state index contributed by atoms with van der Waals surface area (Å²) < 4.78 is 1.26. The third kappa shape index (κ3) is 2.68. The van der Waals surface area contributed by atoms with Crippen LogP contribution in [0.15, 0.2) is 45.6 Å². The van der Waals surface area contributed by atoms with Crippen molar-refractivity contribution >= 4 is 27.3 Å². The molecule has 94 valence electrons. The monoisotopic (exact) mass is 321 g/mol. The fraction of sp³-hybridized carbons (Fsp3) is 0.333. The van der Waals surface area contributed by atoms with Gasteiger partial charge in [0.15, 0.2) is 0 Å². The number of nitrogens with one attached hydrogen (secondary N) is 1. The lowest BCUT2D eigenvalue weighted by molar-refractivity contribution is 0.289. The third-order valence-corrected chi connectivity index (χ3v) is 5.11. The summed E-state index contributed by atoms with van der Waals surface area (Å²) in [5.41, 5.74) is 2.87. The number of hydrogen-bond acceptors (Lipinski definition) is 2. The molecule has 1 aliphatic carbocycles. The maximum atomic E-state index is 3.64. The number of halogens is 1. The molecule has 1 N–H and O–H groups in total. The lowest BCUT2D eigenvalue weighted by atomic mass is 9.76. The second-order valence-electron chi connectivity index (χ2n) is 4.90. The highest BCUT2D eigenvalue weighted by Crippen LogP contribution is 2.40. The first-order valence-corrected chi connectivity index (χ1v) is 8.05. The SMILES string of the molecule is Brc1ccccc1C1CC(NCc2ccsc2)C1. The zero-order valence-electron chi connectivity index (χ0n) is 10.1. The molecule has 1 aromatic carbocycles. The van der Waals surface area contributed by atoms with Crippen molar-refractivity contribution in [3.8, 4) is 0 Å². The van der Waals surface area contributed by atoms with Crippen molar-refractivity contribution in [2.75, 3.05) is 0 Å². The van der Waals surface area contributed by atoms with Gasteiger partial charge in [-0.25, -0.2) is 0 Å². The van der Waals surface area contributed by atoms with E-state index in [1.54, 1.807) is 11.3 Å². The average Bonchev–Trinajstić information content (AvgIpc) is 2.82. The van der Waals surface area contributed by atoms with Gasteiger partial charge in [-0.15, -0.1) is 0 Å². The maximum Gasteiger partial charge on any atom is 0.0216 e. The van der Waals surface area contributed by atoms with E-state index in [1.807, 2.05) is 0 Å². The molecule has 0 atom stereocenters. The topological polar surface area (TPSA) is 12.0 Å². The van der Waals surface area contributed by atoms with Crippen LogP contribution in [-0.4, -0.2) is 6.04 Å². The summed E-state index contributed by atoms with van der Waals surface area (Å²) in [4.78, 5) is 0. The molecular weight excluding hydrogens is 306 g/mol. The zero-order valence-corrected chi connectivity index (χ0v) is 12.5. The van der Waals surface area contributed by atoms with Gasteiger partial charge in [0.25, 0.3) is 0 Å². The fourth-order valence-electron chi connectivity index (χ4n) is 2.50. The number of rotatable bonds is 4. The van der Waals surface area contributed by atoms with Crippen LogP contribution in [0.5, 0.6) is 0 Å². The minimum Gasteiger partial charge on any atom is -0.310 e. The van der Waals surface area contributed by atoms with Crippen molar-refractivity contribution in [2.45, 2.75) is 31.3 Å². The molecule has 1 heterocycles. The number of benzene rings is 1. The lowest BCUT2D eigenvalue weighted by Crippen LogP contribution is -2.39. The van der Waals surface area contributed by atoms with E-state index in [0.29, 0.717) is 6.04 Å². The Kier molecular flexibility index (Phi) is 3.83. The van der Waals surface area contributed by atoms with E-state index in [4.69, 9.17) is 0 Å². The molecule has 3 heteroatoms. The van der Waals surface area contributed by atoms with Crippen LogP contribution in [0.25, 0.3) is 0 Å². The first kappa shape index (κ1) is 12.4. The van der Waals surface area contributed by atoms with E-state index in [-0.39, 0.29) is 0 Å². The van der Waals surface area contributed by atoms with Crippen LogP contribution in [0.3, 0.4) is 0 Å². The van der Waals surface area contributed by atoms with Gasteiger partial charge in [0.2, 0.25) is 0 Å². The van der Waals surface area contributed by atoms with Crippen LogP contribution in [-0.2, 0) is 6.54 Å². The van der Waals surface area contributed by atoms with Gasteiger partial charge in [-0.05, 0) is 52.8 Å². The maximum absolute atomic E-state index is 3.64. The quantitative estimate of drug-likeness (QED) is 0.871. The van der Waals surface area contributed by atoms with Gasteiger partial charge in [0.1, 0.15) is 0 Å². The van der Waals surface area contributed by atoms with Gasteiger partial charge in [-0.3, -0.25) is 0 Å². The molecule has 2 aromatic rings. The highest BCUT2D eigenvalue weighted by atomic mass is 79.9. The van der Waals surface area contributed by atoms with Gasteiger partial charge in [0, 0.05) is 17.1 Å². The summed E-state index contributed by atoms with van der Waals surface area (Å²) in [6.45, 7) is 1.01. The standard InChI is InChI=1S/C15H16BrNS/c16-15-4-2-1-3-14(15)12-7-13(8-12)17-9-11-5-6-18-10-11/h1-6,10,12-13,17H,7-9H2. The van der Waals surface area contributed by atoms with Crippen LogP contribution in [0.4, 0.5) is 0 Å². The number of thiophene rings is 1. The van der Waals surface area contributed by atoms with E-state index in [2.05, 4.69) is 62.3 Å². The minimum absolute atomic E-state index is 0.682. The van der Waals surface area contributed by atoms with E-state index >= 15 is 0 Å². The molecule has 0 saturated heterocycles. The van der Waals surface area contributed by atoms with Crippen LogP contribution in [0.2, 0.25) is 0 Å². The highest BCUT2D eigenvalue weighted by molar-refractivity contribution is 9.10. The molecule has 1 aliphatic rings.